The third-order valence-corrected chi connectivity index (χ3v) is 5.69. The van der Waals surface area contributed by atoms with Gasteiger partial charge in [-0.15, -0.1) is 23.1 Å². The molecule has 0 unspecified atom stereocenters. The number of benzene rings is 1. The molecule has 0 aliphatic carbocycles. The minimum absolute atomic E-state index is 0.0996. The molecule has 0 aliphatic rings. The minimum Gasteiger partial charge on any atom is -0.495 e. The van der Waals surface area contributed by atoms with Crippen molar-refractivity contribution in [1.82, 2.24) is 9.38 Å². The van der Waals surface area contributed by atoms with Crippen LogP contribution in [0.25, 0.3) is 4.96 Å². The molecule has 2 aromatic heterocycles. The Hall–Kier alpha value is -2.03. The number of thiazole rings is 1. The second kappa shape index (κ2) is 8.11. The summed E-state index contributed by atoms with van der Waals surface area (Å²) in [5.74, 6) is 1.06. The maximum absolute atomic E-state index is 12.1. The van der Waals surface area contributed by atoms with Crippen LogP contribution in [0, 0.1) is 6.92 Å². The third-order valence-electron chi connectivity index (χ3n) is 3.55. The van der Waals surface area contributed by atoms with E-state index in [0.717, 1.165) is 5.69 Å². The Balaban J connectivity index is 1.61. The Morgan fingerprint density at radius 1 is 1.42 bits per heavy atom. The number of carbonyl (C=O) groups is 1. The number of amides is 1. The van der Waals surface area contributed by atoms with Gasteiger partial charge in [-0.3, -0.25) is 14.0 Å². The Morgan fingerprint density at radius 3 is 3.00 bits per heavy atom. The molecule has 3 rings (SSSR count). The molecule has 0 aliphatic heterocycles. The van der Waals surface area contributed by atoms with Gasteiger partial charge in [0.25, 0.3) is 5.56 Å². The van der Waals surface area contributed by atoms with Crippen molar-refractivity contribution in [3.8, 4) is 5.75 Å². The lowest BCUT2D eigenvalue weighted by Gasteiger charge is -2.10. The van der Waals surface area contributed by atoms with E-state index in [-0.39, 0.29) is 17.2 Å². The van der Waals surface area contributed by atoms with Crippen LogP contribution in [-0.2, 0) is 10.5 Å². The fourth-order valence-electron chi connectivity index (χ4n) is 2.39. The summed E-state index contributed by atoms with van der Waals surface area (Å²) >= 11 is 8.76. The number of anilines is 1. The summed E-state index contributed by atoms with van der Waals surface area (Å²) in [6, 6.07) is 6.54. The van der Waals surface area contributed by atoms with E-state index >= 15 is 0 Å². The average molecular weight is 410 g/mol. The summed E-state index contributed by atoms with van der Waals surface area (Å²) in [5, 5.41) is 5.19. The molecule has 1 aromatic carbocycles. The predicted octanol–water partition coefficient (Wildman–Crippen LogP) is 3.60. The fraction of sp³-hybridized carbons (Fsp3) is 0.235. The molecule has 6 nitrogen and oxygen atoms in total. The number of thioether (sulfide) groups is 1. The number of aryl methyl sites for hydroxylation is 1. The van der Waals surface area contributed by atoms with Gasteiger partial charge in [-0.05, 0) is 25.1 Å². The largest absolute Gasteiger partial charge is 0.495 e. The summed E-state index contributed by atoms with van der Waals surface area (Å²) < 4.78 is 6.79. The van der Waals surface area contributed by atoms with E-state index in [2.05, 4.69) is 10.3 Å². The number of halogens is 1. The molecular weight excluding hydrogens is 394 g/mol. The van der Waals surface area contributed by atoms with Gasteiger partial charge < -0.3 is 10.1 Å². The van der Waals surface area contributed by atoms with Crippen molar-refractivity contribution in [2.75, 3.05) is 18.2 Å². The summed E-state index contributed by atoms with van der Waals surface area (Å²) in [5.41, 5.74) is 1.96. The number of aromatic nitrogens is 2. The summed E-state index contributed by atoms with van der Waals surface area (Å²) in [7, 11) is 1.53. The molecule has 0 bridgehead atoms. The second-order valence-electron chi connectivity index (χ2n) is 5.47. The maximum atomic E-state index is 12.1. The zero-order chi connectivity index (χ0) is 18.7. The highest BCUT2D eigenvalue weighted by molar-refractivity contribution is 7.99. The van der Waals surface area contributed by atoms with Crippen LogP contribution in [0.1, 0.15) is 11.4 Å². The van der Waals surface area contributed by atoms with Gasteiger partial charge in [0.05, 0.1) is 24.2 Å². The third kappa shape index (κ3) is 4.20. The Kier molecular flexibility index (Phi) is 5.85. The molecule has 0 spiro atoms. The molecular formula is C17H16ClN3O3S2. The van der Waals surface area contributed by atoms with Gasteiger partial charge in [0.15, 0.2) is 4.96 Å². The van der Waals surface area contributed by atoms with Crippen molar-refractivity contribution in [3.05, 3.63) is 56.4 Å². The predicted molar refractivity (Wildman–Crippen MR) is 107 cm³/mol. The van der Waals surface area contributed by atoms with Crippen LogP contribution in [0.2, 0.25) is 5.02 Å². The first-order valence-corrected chi connectivity index (χ1v) is 10.1. The fourth-order valence-corrected chi connectivity index (χ4v) is 4.17. The number of rotatable bonds is 6. The monoisotopic (exact) mass is 409 g/mol. The van der Waals surface area contributed by atoms with E-state index in [1.807, 2.05) is 12.3 Å². The van der Waals surface area contributed by atoms with Gasteiger partial charge in [0, 0.05) is 27.9 Å². The quantitative estimate of drug-likeness (QED) is 0.673. The van der Waals surface area contributed by atoms with Crippen LogP contribution in [-0.4, -0.2) is 28.2 Å². The molecule has 0 atom stereocenters. The number of methoxy groups -OCH3 is 1. The zero-order valence-electron chi connectivity index (χ0n) is 14.1. The van der Waals surface area contributed by atoms with E-state index in [0.29, 0.717) is 32.9 Å². The van der Waals surface area contributed by atoms with E-state index in [9.17, 15) is 9.59 Å². The molecule has 1 amide bonds. The van der Waals surface area contributed by atoms with Crippen LogP contribution in [0.4, 0.5) is 5.69 Å². The first-order chi connectivity index (χ1) is 12.5. The molecule has 9 heteroatoms. The highest BCUT2D eigenvalue weighted by atomic mass is 35.5. The first-order valence-electron chi connectivity index (χ1n) is 7.66. The molecule has 0 radical (unpaired) electrons. The van der Waals surface area contributed by atoms with Crippen molar-refractivity contribution in [1.29, 1.82) is 0 Å². The molecule has 0 saturated heterocycles. The molecule has 136 valence electrons. The summed E-state index contributed by atoms with van der Waals surface area (Å²) in [6.45, 7) is 1.87. The van der Waals surface area contributed by atoms with Crippen LogP contribution in [0.15, 0.2) is 34.4 Å². The number of carbonyl (C=O) groups excluding carboxylic acids is 1. The van der Waals surface area contributed by atoms with Gasteiger partial charge in [-0.2, -0.15) is 0 Å². The number of nitrogens with zero attached hydrogens (tertiary/aromatic N) is 2. The molecule has 3 aromatic rings. The van der Waals surface area contributed by atoms with Gasteiger partial charge in [-0.25, -0.2) is 4.98 Å². The average Bonchev–Trinajstić information content (AvgIpc) is 2.96. The standard InChI is InChI=1S/C17H16ClN3O3S2/c1-10-7-26-17-19-12(6-16(23)21(10)17)8-25-9-15(22)20-13-5-11(18)3-4-14(13)24-2/h3-7H,8-9H2,1-2H3,(H,20,22). The lowest BCUT2D eigenvalue weighted by atomic mass is 10.3. The summed E-state index contributed by atoms with van der Waals surface area (Å²) in [4.78, 5) is 29.4. The van der Waals surface area contributed by atoms with E-state index < -0.39 is 0 Å². The van der Waals surface area contributed by atoms with Gasteiger partial charge >= 0.3 is 0 Å². The van der Waals surface area contributed by atoms with E-state index in [1.54, 1.807) is 22.6 Å². The number of hydrogen-bond acceptors (Lipinski definition) is 6. The van der Waals surface area contributed by atoms with Crippen molar-refractivity contribution in [2.45, 2.75) is 12.7 Å². The van der Waals surface area contributed by atoms with Crippen molar-refractivity contribution < 1.29 is 9.53 Å². The van der Waals surface area contributed by atoms with Gasteiger partial charge in [-0.1, -0.05) is 11.6 Å². The number of ether oxygens (including phenoxy) is 1. The molecule has 2 heterocycles. The van der Waals surface area contributed by atoms with Crippen LogP contribution >= 0.6 is 34.7 Å². The lowest BCUT2D eigenvalue weighted by molar-refractivity contribution is -0.113. The topological polar surface area (TPSA) is 72.7 Å². The van der Waals surface area contributed by atoms with Crippen molar-refractivity contribution in [3.63, 3.8) is 0 Å². The van der Waals surface area contributed by atoms with Crippen LogP contribution in [0.3, 0.4) is 0 Å². The van der Waals surface area contributed by atoms with E-state index in [1.165, 1.54) is 36.3 Å². The highest BCUT2D eigenvalue weighted by Crippen LogP contribution is 2.27. The van der Waals surface area contributed by atoms with Crippen LogP contribution in [0.5, 0.6) is 5.75 Å². The minimum atomic E-state index is -0.180. The van der Waals surface area contributed by atoms with Crippen LogP contribution < -0.4 is 15.6 Å². The zero-order valence-corrected chi connectivity index (χ0v) is 16.5. The number of nitrogens with one attached hydrogen (secondary N) is 1. The lowest BCUT2D eigenvalue weighted by Crippen LogP contribution is -2.16. The SMILES string of the molecule is COc1ccc(Cl)cc1NC(=O)CSCc1cc(=O)n2c(C)csc2n1. The second-order valence-corrected chi connectivity index (χ2v) is 7.72. The maximum Gasteiger partial charge on any atom is 0.258 e. The number of hydrogen-bond donors (Lipinski definition) is 1. The first kappa shape index (κ1) is 18.8. The highest BCUT2D eigenvalue weighted by Gasteiger charge is 2.10. The molecule has 0 fully saturated rings. The Labute approximate surface area is 163 Å². The van der Waals surface area contributed by atoms with Gasteiger partial charge in [0.1, 0.15) is 5.75 Å². The van der Waals surface area contributed by atoms with Gasteiger partial charge in [0.2, 0.25) is 5.91 Å². The Morgan fingerprint density at radius 2 is 2.23 bits per heavy atom. The molecule has 26 heavy (non-hydrogen) atoms. The molecule has 1 N–H and O–H groups in total. The normalized spacial score (nSPS) is 10.9. The molecule has 0 saturated carbocycles. The summed E-state index contributed by atoms with van der Waals surface area (Å²) in [6.07, 6.45) is 0. The van der Waals surface area contributed by atoms with Crippen molar-refractivity contribution in [2.24, 2.45) is 0 Å². The number of fused-ring (bicyclic) bond motifs is 1. The van der Waals surface area contributed by atoms with Crippen molar-refractivity contribution >= 4 is 51.3 Å². The Bertz CT molecular complexity index is 1020. The smallest absolute Gasteiger partial charge is 0.258 e. The van der Waals surface area contributed by atoms with E-state index in [4.69, 9.17) is 16.3 Å².